The lowest BCUT2D eigenvalue weighted by Gasteiger charge is -2.24. The van der Waals surface area contributed by atoms with Crippen molar-refractivity contribution in [1.29, 1.82) is 0 Å². The maximum atomic E-state index is 8.90. The van der Waals surface area contributed by atoms with Crippen LogP contribution < -0.4 is 0 Å². The largest absolute Gasteiger partial charge is 0.396 e. The molecular formula is C8H16O. The van der Waals surface area contributed by atoms with Gasteiger partial charge < -0.3 is 5.11 Å². The summed E-state index contributed by atoms with van der Waals surface area (Å²) < 4.78 is 0. The van der Waals surface area contributed by atoms with Gasteiger partial charge in [-0.25, -0.2) is 0 Å². The van der Waals surface area contributed by atoms with Gasteiger partial charge in [0.2, 0.25) is 0 Å². The van der Waals surface area contributed by atoms with Crippen LogP contribution >= 0.6 is 0 Å². The summed E-state index contributed by atoms with van der Waals surface area (Å²) in [4.78, 5) is 0. The lowest BCUT2D eigenvalue weighted by atomic mass is 9.82. The van der Waals surface area contributed by atoms with E-state index in [0.29, 0.717) is 17.9 Å². The van der Waals surface area contributed by atoms with Gasteiger partial charge in [-0.15, -0.1) is 0 Å². The van der Waals surface area contributed by atoms with Crippen LogP contribution in [0.1, 0.15) is 33.1 Å². The van der Waals surface area contributed by atoms with E-state index in [1.54, 1.807) is 0 Å². The molecule has 0 amide bonds. The second-order valence-electron chi connectivity index (χ2n) is 3.76. The fraction of sp³-hybridized carbons (Fsp3) is 1.00. The molecule has 1 unspecified atom stereocenters. The molecule has 0 aromatic carbocycles. The first kappa shape index (κ1) is 7.07. The van der Waals surface area contributed by atoms with E-state index in [-0.39, 0.29) is 0 Å². The van der Waals surface area contributed by atoms with Crippen LogP contribution in [0.5, 0.6) is 0 Å². The second kappa shape index (κ2) is 2.30. The molecule has 0 aromatic rings. The summed E-state index contributed by atoms with van der Waals surface area (Å²) in [7, 11) is 0. The first-order chi connectivity index (χ1) is 4.17. The number of aliphatic hydroxyl groups excluding tert-OH is 1. The molecule has 0 radical (unpaired) electrons. The van der Waals surface area contributed by atoms with Gasteiger partial charge in [-0.1, -0.05) is 20.3 Å². The average molecular weight is 128 g/mol. The highest BCUT2D eigenvalue weighted by atomic mass is 16.3. The third-order valence-corrected chi connectivity index (χ3v) is 2.70. The van der Waals surface area contributed by atoms with E-state index < -0.39 is 0 Å². The molecule has 1 atom stereocenters. The summed E-state index contributed by atoms with van der Waals surface area (Å²) in [5.41, 5.74) is 0.411. The van der Waals surface area contributed by atoms with E-state index in [4.69, 9.17) is 5.11 Å². The molecule has 0 bridgehead atoms. The normalized spacial score (nSPS) is 33.0. The summed E-state index contributed by atoms with van der Waals surface area (Å²) in [6.45, 7) is 4.88. The summed E-state index contributed by atoms with van der Waals surface area (Å²) in [6.07, 6.45) is 3.82. The first-order valence-electron chi connectivity index (χ1n) is 3.77. The van der Waals surface area contributed by atoms with Gasteiger partial charge in [0.15, 0.2) is 0 Å². The van der Waals surface area contributed by atoms with E-state index in [2.05, 4.69) is 13.8 Å². The Balaban J connectivity index is 2.52. The number of hydrogen-bond donors (Lipinski definition) is 1. The Labute approximate surface area is 57.1 Å². The molecule has 0 spiro atoms. The standard InChI is InChI=1S/C8H16O/c1-8(2)5-3-4-7(8)6-9/h7,9H,3-6H2,1-2H3. The Morgan fingerprint density at radius 1 is 1.56 bits per heavy atom. The molecule has 1 N–H and O–H groups in total. The Bertz CT molecular complexity index is 96.7. The van der Waals surface area contributed by atoms with Crippen LogP contribution in [0.2, 0.25) is 0 Å². The first-order valence-corrected chi connectivity index (χ1v) is 3.77. The van der Waals surface area contributed by atoms with E-state index in [1.807, 2.05) is 0 Å². The molecule has 1 rings (SSSR count). The maximum Gasteiger partial charge on any atom is 0.0464 e. The fourth-order valence-electron chi connectivity index (χ4n) is 1.74. The Morgan fingerprint density at radius 2 is 2.22 bits per heavy atom. The van der Waals surface area contributed by atoms with Gasteiger partial charge in [0.1, 0.15) is 0 Å². The van der Waals surface area contributed by atoms with Crippen LogP contribution in [-0.4, -0.2) is 11.7 Å². The zero-order valence-electron chi connectivity index (χ0n) is 6.35. The Hall–Kier alpha value is -0.0400. The van der Waals surface area contributed by atoms with Crippen molar-refractivity contribution in [2.75, 3.05) is 6.61 Å². The van der Waals surface area contributed by atoms with Crippen molar-refractivity contribution in [2.24, 2.45) is 11.3 Å². The molecule has 1 aliphatic rings. The van der Waals surface area contributed by atoms with Crippen LogP contribution in [0, 0.1) is 11.3 Å². The third-order valence-electron chi connectivity index (χ3n) is 2.70. The molecule has 0 heterocycles. The van der Waals surface area contributed by atoms with E-state index >= 15 is 0 Å². The van der Waals surface area contributed by atoms with Crippen molar-refractivity contribution < 1.29 is 5.11 Å². The van der Waals surface area contributed by atoms with Crippen LogP contribution in [0.3, 0.4) is 0 Å². The minimum absolute atomic E-state index is 0.382. The summed E-state index contributed by atoms with van der Waals surface area (Å²) >= 11 is 0. The molecule has 0 saturated heterocycles. The van der Waals surface area contributed by atoms with Crippen LogP contribution in [0.25, 0.3) is 0 Å². The van der Waals surface area contributed by atoms with E-state index in [0.717, 1.165) is 0 Å². The predicted molar refractivity (Wildman–Crippen MR) is 38.2 cm³/mol. The number of rotatable bonds is 1. The molecule has 1 nitrogen and oxygen atoms in total. The zero-order chi connectivity index (χ0) is 6.91. The second-order valence-corrected chi connectivity index (χ2v) is 3.76. The smallest absolute Gasteiger partial charge is 0.0464 e. The van der Waals surface area contributed by atoms with Crippen molar-refractivity contribution >= 4 is 0 Å². The minimum Gasteiger partial charge on any atom is -0.396 e. The van der Waals surface area contributed by atoms with Crippen molar-refractivity contribution in [3.8, 4) is 0 Å². The fourth-order valence-corrected chi connectivity index (χ4v) is 1.74. The summed E-state index contributed by atoms with van der Waals surface area (Å²) in [6, 6.07) is 0. The molecule has 1 saturated carbocycles. The van der Waals surface area contributed by atoms with Gasteiger partial charge in [-0.2, -0.15) is 0 Å². The number of hydrogen-bond acceptors (Lipinski definition) is 1. The van der Waals surface area contributed by atoms with Crippen molar-refractivity contribution in [1.82, 2.24) is 0 Å². The highest BCUT2D eigenvalue weighted by molar-refractivity contribution is 4.83. The van der Waals surface area contributed by atoms with Crippen molar-refractivity contribution in [2.45, 2.75) is 33.1 Å². The van der Waals surface area contributed by atoms with Gasteiger partial charge in [-0.3, -0.25) is 0 Å². The quantitative estimate of drug-likeness (QED) is 0.571. The Kier molecular flexibility index (Phi) is 1.80. The summed E-state index contributed by atoms with van der Waals surface area (Å²) in [5.74, 6) is 0.567. The van der Waals surface area contributed by atoms with Crippen LogP contribution in [-0.2, 0) is 0 Å². The van der Waals surface area contributed by atoms with Gasteiger partial charge in [0.05, 0.1) is 0 Å². The lowest BCUT2D eigenvalue weighted by molar-refractivity contribution is 0.146. The monoisotopic (exact) mass is 128 g/mol. The van der Waals surface area contributed by atoms with Gasteiger partial charge in [-0.05, 0) is 24.2 Å². The molecule has 54 valence electrons. The van der Waals surface area contributed by atoms with Gasteiger partial charge in [0, 0.05) is 6.61 Å². The van der Waals surface area contributed by atoms with Crippen LogP contribution in [0.4, 0.5) is 0 Å². The van der Waals surface area contributed by atoms with Crippen molar-refractivity contribution in [3.05, 3.63) is 0 Å². The predicted octanol–water partition coefficient (Wildman–Crippen LogP) is 1.81. The maximum absolute atomic E-state index is 8.90. The SMILES string of the molecule is CC1(C)CCCC1CO. The minimum atomic E-state index is 0.382. The van der Waals surface area contributed by atoms with E-state index in [9.17, 15) is 0 Å². The molecular weight excluding hydrogens is 112 g/mol. The molecule has 0 aliphatic heterocycles. The zero-order valence-corrected chi connectivity index (χ0v) is 6.35. The topological polar surface area (TPSA) is 20.2 Å². The number of aliphatic hydroxyl groups is 1. The molecule has 1 fully saturated rings. The molecule has 9 heavy (non-hydrogen) atoms. The van der Waals surface area contributed by atoms with Crippen molar-refractivity contribution in [3.63, 3.8) is 0 Å². The van der Waals surface area contributed by atoms with E-state index in [1.165, 1.54) is 19.3 Å². The Morgan fingerprint density at radius 3 is 2.44 bits per heavy atom. The van der Waals surface area contributed by atoms with Gasteiger partial charge in [0.25, 0.3) is 0 Å². The molecule has 1 aliphatic carbocycles. The lowest BCUT2D eigenvalue weighted by Crippen LogP contribution is -2.20. The average Bonchev–Trinajstić information content (AvgIpc) is 2.08. The third kappa shape index (κ3) is 1.26. The van der Waals surface area contributed by atoms with Gasteiger partial charge >= 0.3 is 0 Å². The highest BCUT2D eigenvalue weighted by Crippen LogP contribution is 2.41. The summed E-state index contributed by atoms with van der Waals surface area (Å²) in [5, 5.41) is 8.90. The molecule has 1 heteroatoms. The molecule has 0 aromatic heterocycles. The van der Waals surface area contributed by atoms with Crippen LogP contribution in [0.15, 0.2) is 0 Å². The highest BCUT2D eigenvalue weighted by Gasteiger charge is 2.33.